The number of rotatable bonds is 6. The zero-order valence-corrected chi connectivity index (χ0v) is 12.8. The first-order chi connectivity index (χ1) is 10.0. The van der Waals surface area contributed by atoms with E-state index in [-0.39, 0.29) is 11.3 Å². The highest BCUT2D eigenvalue weighted by molar-refractivity contribution is 5.97. The van der Waals surface area contributed by atoms with Gasteiger partial charge in [-0.1, -0.05) is 29.4 Å². The van der Waals surface area contributed by atoms with E-state index >= 15 is 0 Å². The first-order valence-corrected chi connectivity index (χ1v) is 6.91. The van der Waals surface area contributed by atoms with Crippen LogP contribution in [-0.2, 0) is 0 Å². The molecule has 0 saturated carbocycles. The van der Waals surface area contributed by atoms with Crippen molar-refractivity contribution >= 4 is 12.1 Å². The summed E-state index contributed by atoms with van der Waals surface area (Å²) in [6, 6.07) is 6.35. The Morgan fingerprint density at radius 1 is 1.29 bits per heavy atom. The molecular formula is C17H22N2O2. The number of hydrazone groups is 1. The van der Waals surface area contributed by atoms with E-state index in [4.69, 9.17) is 0 Å². The molecule has 0 aliphatic carbocycles. The molecule has 112 valence electrons. The third-order valence-electron chi connectivity index (χ3n) is 2.84. The Hall–Kier alpha value is -2.36. The number of nitrogens with zero attached hydrogens (tertiary/aromatic N) is 1. The van der Waals surface area contributed by atoms with Gasteiger partial charge < -0.3 is 5.11 Å². The third-order valence-corrected chi connectivity index (χ3v) is 2.84. The summed E-state index contributed by atoms with van der Waals surface area (Å²) in [4.78, 5) is 11.7. The van der Waals surface area contributed by atoms with Crippen LogP contribution in [0.25, 0.3) is 0 Å². The van der Waals surface area contributed by atoms with Crippen molar-refractivity contribution in [1.29, 1.82) is 0 Å². The molecule has 0 spiro atoms. The zero-order chi connectivity index (χ0) is 15.7. The largest absolute Gasteiger partial charge is 0.507 e. The van der Waals surface area contributed by atoms with Crippen LogP contribution < -0.4 is 5.43 Å². The maximum absolute atomic E-state index is 11.7. The summed E-state index contributed by atoms with van der Waals surface area (Å²) in [5.41, 5.74) is 5.09. The number of nitrogens with one attached hydrogen (secondary N) is 1. The Morgan fingerprint density at radius 2 is 2.00 bits per heavy atom. The molecular weight excluding hydrogens is 264 g/mol. The van der Waals surface area contributed by atoms with Gasteiger partial charge in [-0.25, -0.2) is 5.43 Å². The summed E-state index contributed by atoms with van der Waals surface area (Å²) in [5, 5.41) is 13.4. The molecule has 0 unspecified atom stereocenters. The minimum absolute atomic E-state index is 0.0568. The fourth-order valence-corrected chi connectivity index (χ4v) is 1.66. The predicted molar refractivity (Wildman–Crippen MR) is 86.5 cm³/mol. The second kappa shape index (κ2) is 8.74. The van der Waals surface area contributed by atoms with Gasteiger partial charge in [0.05, 0.1) is 5.56 Å². The van der Waals surface area contributed by atoms with Gasteiger partial charge in [-0.2, -0.15) is 5.10 Å². The minimum Gasteiger partial charge on any atom is -0.507 e. The molecule has 0 aliphatic rings. The molecule has 0 atom stereocenters. The second-order valence-electron chi connectivity index (χ2n) is 5.07. The maximum Gasteiger partial charge on any atom is 0.275 e. The van der Waals surface area contributed by atoms with Crippen molar-refractivity contribution in [2.24, 2.45) is 5.10 Å². The summed E-state index contributed by atoms with van der Waals surface area (Å²) in [6.45, 7) is 6.18. The van der Waals surface area contributed by atoms with E-state index in [0.717, 1.165) is 12.8 Å². The van der Waals surface area contributed by atoms with Crippen molar-refractivity contribution in [3.63, 3.8) is 0 Å². The number of aromatic hydroxyl groups is 1. The van der Waals surface area contributed by atoms with Crippen molar-refractivity contribution in [1.82, 2.24) is 5.43 Å². The standard InChI is InChI=1S/C17H22N2O2/c1-13(2)7-6-8-14(3)11-12-18-19-17(21)15-9-4-5-10-16(15)20/h4-5,7,9-12,20H,6,8H2,1-3H3,(H,19,21)/b14-11+,18-12+. The maximum atomic E-state index is 11.7. The quantitative estimate of drug-likeness (QED) is 0.474. The second-order valence-corrected chi connectivity index (χ2v) is 5.07. The van der Waals surface area contributed by atoms with Crippen LogP contribution in [0, 0.1) is 0 Å². The third kappa shape index (κ3) is 6.56. The summed E-state index contributed by atoms with van der Waals surface area (Å²) >= 11 is 0. The smallest absolute Gasteiger partial charge is 0.275 e. The number of carbonyl (C=O) groups is 1. The molecule has 1 aromatic carbocycles. The molecule has 0 aliphatic heterocycles. The number of allylic oxidation sites excluding steroid dienone is 4. The van der Waals surface area contributed by atoms with Gasteiger partial charge in [0.1, 0.15) is 5.75 Å². The number of para-hydroxylation sites is 1. The van der Waals surface area contributed by atoms with Crippen molar-refractivity contribution in [2.75, 3.05) is 0 Å². The van der Waals surface area contributed by atoms with E-state index in [1.165, 1.54) is 17.2 Å². The Kier molecular flexibility index (Phi) is 6.95. The molecule has 0 heterocycles. The molecule has 4 heteroatoms. The molecule has 4 nitrogen and oxygen atoms in total. The Balaban J connectivity index is 2.46. The predicted octanol–water partition coefficient (Wildman–Crippen LogP) is 3.80. The molecule has 1 amide bonds. The first kappa shape index (κ1) is 16.7. The van der Waals surface area contributed by atoms with E-state index in [1.54, 1.807) is 24.4 Å². The Bertz CT molecular complexity index is 568. The normalized spacial score (nSPS) is 11.5. The van der Waals surface area contributed by atoms with Gasteiger partial charge in [0.15, 0.2) is 0 Å². The number of carbonyl (C=O) groups excluding carboxylic acids is 1. The number of benzene rings is 1. The topological polar surface area (TPSA) is 61.7 Å². The molecule has 0 radical (unpaired) electrons. The summed E-state index contributed by atoms with van der Waals surface area (Å²) in [7, 11) is 0. The molecule has 1 rings (SSSR count). The summed E-state index contributed by atoms with van der Waals surface area (Å²) < 4.78 is 0. The van der Waals surface area contributed by atoms with E-state index < -0.39 is 5.91 Å². The SMILES string of the molecule is CC(C)=CCC/C(C)=C/C=N/NC(=O)c1ccccc1O. The van der Waals surface area contributed by atoms with E-state index in [0.29, 0.717) is 0 Å². The number of phenols is 1. The van der Waals surface area contributed by atoms with Gasteiger partial charge in [-0.15, -0.1) is 0 Å². The van der Waals surface area contributed by atoms with E-state index in [2.05, 4.69) is 30.5 Å². The van der Waals surface area contributed by atoms with Gasteiger partial charge >= 0.3 is 0 Å². The van der Waals surface area contributed by atoms with Gasteiger partial charge in [-0.05, 0) is 51.8 Å². The van der Waals surface area contributed by atoms with Crippen LogP contribution in [0.4, 0.5) is 0 Å². The van der Waals surface area contributed by atoms with Gasteiger partial charge in [-0.3, -0.25) is 4.79 Å². The van der Waals surface area contributed by atoms with Crippen LogP contribution >= 0.6 is 0 Å². The highest BCUT2D eigenvalue weighted by atomic mass is 16.3. The number of phenolic OH excluding ortho intramolecular Hbond substituents is 1. The van der Waals surface area contributed by atoms with Crippen LogP contribution in [0.3, 0.4) is 0 Å². The van der Waals surface area contributed by atoms with E-state index in [9.17, 15) is 9.90 Å². The zero-order valence-electron chi connectivity index (χ0n) is 12.8. The van der Waals surface area contributed by atoms with Crippen LogP contribution in [0.15, 0.2) is 52.7 Å². The van der Waals surface area contributed by atoms with Crippen LogP contribution in [0.1, 0.15) is 44.0 Å². The monoisotopic (exact) mass is 286 g/mol. The van der Waals surface area contributed by atoms with Crippen LogP contribution in [-0.4, -0.2) is 17.2 Å². The average Bonchev–Trinajstić information content (AvgIpc) is 2.43. The molecule has 0 fully saturated rings. The fraction of sp³-hybridized carbons (Fsp3) is 0.294. The molecule has 0 aromatic heterocycles. The van der Waals surface area contributed by atoms with E-state index in [1.807, 2.05) is 13.0 Å². The highest BCUT2D eigenvalue weighted by Crippen LogP contribution is 2.14. The number of hydrogen-bond donors (Lipinski definition) is 2. The Labute approximate surface area is 125 Å². The lowest BCUT2D eigenvalue weighted by Gasteiger charge is -2.01. The van der Waals surface area contributed by atoms with Gasteiger partial charge in [0, 0.05) is 6.21 Å². The average molecular weight is 286 g/mol. The summed E-state index contributed by atoms with van der Waals surface area (Å²) in [5.74, 6) is -0.487. The van der Waals surface area contributed by atoms with Crippen molar-refractivity contribution in [2.45, 2.75) is 33.6 Å². The molecule has 2 N–H and O–H groups in total. The molecule has 0 bridgehead atoms. The van der Waals surface area contributed by atoms with Crippen LogP contribution in [0.5, 0.6) is 5.75 Å². The van der Waals surface area contributed by atoms with Crippen molar-refractivity contribution < 1.29 is 9.90 Å². The lowest BCUT2D eigenvalue weighted by atomic mass is 10.1. The van der Waals surface area contributed by atoms with Gasteiger partial charge in [0.2, 0.25) is 0 Å². The number of hydrogen-bond acceptors (Lipinski definition) is 3. The lowest BCUT2D eigenvalue weighted by Crippen LogP contribution is -2.17. The molecule has 0 saturated heterocycles. The van der Waals surface area contributed by atoms with Crippen LogP contribution in [0.2, 0.25) is 0 Å². The highest BCUT2D eigenvalue weighted by Gasteiger charge is 2.08. The first-order valence-electron chi connectivity index (χ1n) is 6.91. The minimum atomic E-state index is -0.431. The molecule has 1 aromatic rings. The number of amides is 1. The Morgan fingerprint density at radius 3 is 2.67 bits per heavy atom. The molecule has 21 heavy (non-hydrogen) atoms. The van der Waals surface area contributed by atoms with Crippen molar-refractivity contribution in [3.05, 3.63) is 53.1 Å². The van der Waals surface area contributed by atoms with Crippen molar-refractivity contribution in [3.8, 4) is 5.75 Å². The summed E-state index contributed by atoms with van der Waals surface area (Å²) in [6.07, 6.45) is 7.57. The fourth-order valence-electron chi connectivity index (χ4n) is 1.66. The van der Waals surface area contributed by atoms with Gasteiger partial charge in [0.25, 0.3) is 5.91 Å². The lowest BCUT2D eigenvalue weighted by molar-refractivity contribution is 0.0952.